The van der Waals surface area contributed by atoms with Crippen LogP contribution in [0.3, 0.4) is 0 Å². The zero-order chi connectivity index (χ0) is 44.8. The van der Waals surface area contributed by atoms with Crippen molar-refractivity contribution in [3.8, 4) is 5.69 Å². The SMILES string of the molecule is CN1CCC(F)(CNc2ccc(S(=O)(=O)NC(=O)c3ccc(N4CCN(CC5=C(c6ccc(Cl)cc6)CC(C)(C)CC5)CC4)cc3-n3[nH]cc4nc5nccc5cc43)cc2N=O)CC1. The van der Waals surface area contributed by atoms with E-state index in [0.717, 1.165) is 74.1 Å². The third kappa shape index (κ3) is 9.14. The van der Waals surface area contributed by atoms with Crippen molar-refractivity contribution in [2.24, 2.45) is 10.6 Å². The van der Waals surface area contributed by atoms with Crippen molar-refractivity contribution in [1.29, 1.82) is 0 Å². The number of carbonyl (C=O) groups is 1. The van der Waals surface area contributed by atoms with Crippen molar-refractivity contribution in [3.63, 3.8) is 0 Å². The number of hydrogen-bond acceptors (Lipinski definition) is 11. The van der Waals surface area contributed by atoms with E-state index in [9.17, 15) is 18.1 Å². The van der Waals surface area contributed by atoms with Gasteiger partial charge in [0.1, 0.15) is 16.9 Å². The van der Waals surface area contributed by atoms with Gasteiger partial charge in [0.2, 0.25) is 0 Å². The summed E-state index contributed by atoms with van der Waals surface area (Å²) in [7, 11) is -2.57. The number of anilines is 2. The fourth-order valence-corrected chi connectivity index (χ4v) is 10.3. The van der Waals surface area contributed by atoms with Crippen LogP contribution < -0.4 is 14.9 Å². The summed E-state index contributed by atoms with van der Waals surface area (Å²) in [5.74, 6) is -0.879. The van der Waals surface area contributed by atoms with Crippen LogP contribution in [0.1, 0.15) is 61.9 Å². The van der Waals surface area contributed by atoms with Crippen LogP contribution in [0.5, 0.6) is 0 Å². The number of likely N-dealkylation sites (tertiary alicyclic amines) is 1. The number of amides is 1. The number of benzene rings is 3. The predicted molar refractivity (Wildman–Crippen MR) is 251 cm³/mol. The molecule has 3 N–H and O–H groups in total. The molecule has 5 heterocycles. The van der Waals surface area contributed by atoms with E-state index in [-0.39, 0.29) is 33.8 Å². The van der Waals surface area contributed by atoms with Crippen molar-refractivity contribution in [1.82, 2.24) is 34.3 Å². The minimum absolute atomic E-state index is 0.0576. The molecule has 1 aliphatic carbocycles. The molecule has 3 aromatic carbocycles. The lowest BCUT2D eigenvalue weighted by Crippen LogP contribution is -2.47. The Balaban J connectivity index is 0.964. The third-order valence-electron chi connectivity index (χ3n) is 13.1. The summed E-state index contributed by atoms with van der Waals surface area (Å²) in [5.41, 5.74) is 6.08. The number of sulfonamides is 1. The van der Waals surface area contributed by atoms with Gasteiger partial charge in [0.25, 0.3) is 15.9 Å². The number of allylic oxidation sites excluding steroid dienone is 1. The number of H-pyrrole nitrogens is 1. The number of rotatable bonds is 12. The number of halogens is 2. The highest BCUT2D eigenvalue weighted by molar-refractivity contribution is 7.90. The molecule has 2 aliphatic heterocycles. The summed E-state index contributed by atoms with van der Waals surface area (Å²) in [5, 5.41) is 10.8. The van der Waals surface area contributed by atoms with E-state index in [1.807, 2.05) is 43.4 Å². The Morgan fingerprint density at radius 2 is 1.72 bits per heavy atom. The molecule has 0 atom stereocenters. The van der Waals surface area contributed by atoms with Gasteiger partial charge in [0.05, 0.1) is 27.4 Å². The molecule has 3 aromatic heterocycles. The number of aromatic amines is 1. The topological polar surface area (TPSA) is 161 Å². The highest BCUT2D eigenvalue weighted by Gasteiger charge is 2.34. The minimum Gasteiger partial charge on any atom is -0.380 e. The number of nitrogens with zero attached hydrogens (tertiary/aromatic N) is 7. The van der Waals surface area contributed by atoms with Crippen LogP contribution in [0.25, 0.3) is 33.3 Å². The molecule has 0 spiro atoms. The fraction of sp³-hybridized carbons (Fsp3) is 0.383. The number of nitroso groups, excluding NO2 is 1. The first kappa shape index (κ1) is 43.6. The second-order valence-corrected chi connectivity index (χ2v) is 20.4. The Hall–Kier alpha value is -5.68. The normalized spacial score (nSPS) is 18.4. The fourth-order valence-electron chi connectivity index (χ4n) is 9.20. The first-order valence-electron chi connectivity index (χ1n) is 21.7. The summed E-state index contributed by atoms with van der Waals surface area (Å²) in [6.07, 6.45) is 7.25. The summed E-state index contributed by atoms with van der Waals surface area (Å²) in [6.45, 7) is 9.87. The Morgan fingerprint density at radius 1 is 0.953 bits per heavy atom. The van der Waals surface area contributed by atoms with Gasteiger partial charge in [0, 0.05) is 80.8 Å². The summed E-state index contributed by atoms with van der Waals surface area (Å²) < 4.78 is 47.1. The first-order chi connectivity index (χ1) is 30.7. The maximum Gasteiger partial charge on any atom is 0.267 e. The van der Waals surface area contributed by atoms with Crippen molar-refractivity contribution in [3.05, 3.63) is 112 Å². The van der Waals surface area contributed by atoms with E-state index in [1.54, 1.807) is 23.1 Å². The molecule has 17 heteroatoms. The van der Waals surface area contributed by atoms with Crippen LogP contribution in [0.4, 0.5) is 21.5 Å². The Morgan fingerprint density at radius 3 is 2.47 bits per heavy atom. The van der Waals surface area contributed by atoms with Gasteiger partial charge in [-0.15, -0.1) is 4.91 Å². The molecule has 64 heavy (non-hydrogen) atoms. The average molecular weight is 908 g/mol. The second kappa shape index (κ2) is 17.4. The molecule has 3 aliphatic rings. The Kier molecular flexibility index (Phi) is 11.8. The number of piperazine rings is 1. The largest absolute Gasteiger partial charge is 0.380 e. The van der Waals surface area contributed by atoms with Crippen molar-refractivity contribution >= 4 is 72.2 Å². The van der Waals surface area contributed by atoms with Gasteiger partial charge >= 0.3 is 0 Å². The second-order valence-electron chi connectivity index (χ2n) is 18.3. The van der Waals surface area contributed by atoms with Gasteiger partial charge in [-0.1, -0.05) is 43.2 Å². The zero-order valence-corrected chi connectivity index (χ0v) is 37.8. The van der Waals surface area contributed by atoms with Gasteiger partial charge in [-0.05, 0) is 122 Å². The molecule has 2 saturated heterocycles. The number of hydrogen-bond donors (Lipinski definition) is 3. The molecule has 14 nitrogen and oxygen atoms in total. The lowest BCUT2D eigenvalue weighted by Gasteiger charge is -2.39. The van der Waals surface area contributed by atoms with E-state index in [0.29, 0.717) is 48.3 Å². The molecular formula is C47H52ClFN10O4S. The highest BCUT2D eigenvalue weighted by atomic mass is 35.5. The molecule has 9 rings (SSSR count). The molecule has 0 unspecified atom stereocenters. The van der Waals surface area contributed by atoms with Gasteiger partial charge in [-0.2, -0.15) is 0 Å². The van der Waals surface area contributed by atoms with E-state index in [2.05, 4.69) is 71.0 Å². The number of alkyl halides is 1. The van der Waals surface area contributed by atoms with Gasteiger partial charge in [0.15, 0.2) is 5.65 Å². The molecule has 6 aromatic rings. The Labute approximate surface area is 376 Å². The van der Waals surface area contributed by atoms with E-state index in [1.165, 1.54) is 28.8 Å². The van der Waals surface area contributed by atoms with Crippen LogP contribution in [0, 0.1) is 10.3 Å². The van der Waals surface area contributed by atoms with Crippen molar-refractivity contribution in [2.75, 3.05) is 69.6 Å². The average Bonchev–Trinajstić information content (AvgIpc) is 3.93. The minimum atomic E-state index is -4.51. The van der Waals surface area contributed by atoms with E-state index in [4.69, 9.17) is 11.6 Å². The predicted octanol–water partition coefficient (Wildman–Crippen LogP) is 8.70. The van der Waals surface area contributed by atoms with Crippen LogP contribution >= 0.6 is 11.6 Å². The lowest BCUT2D eigenvalue weighted by atomic mass is 9.72. The molecule has 2 fully saturated rings. The molecular weight excluding hydrogens is 855 g/mol. The van der Waals surface area contributed by atoms with Crippen LogP contribution in [0.2, 0.25) is 5.02 Å². The maximum absolute atomic E-state index is 15.5. The number of nitrogens with one attached hydrogen (secondary N) is 3. The van der Waals surface area contributed by atoms with E-state index < -0.39 is 21.6 Å². The number of piperidine rings is 1. The maximum atomic E-state index is 15.5. The Bertz CT molecular complexity index is 2880. The third-order valence-corrected chi connectivity index (χ3v) is 14.7. The monoisotopic (exact) mass is 906 g/mol. The molecule has 334 valence electrons. The summed E-state index contributed by atoms with van der Waals surface area (Å²) in [6, 6.07) is 21.0. The lowest BCUT2D eigenvalue weighted by molar-refractivity contribution is 0.0812. The number of carbonyl (C=O) groups excluding carboxylic acids is 1. The number of aromatic nitrogens is 4. The van der Waals surface area contributed by atoms with Crippen LogP contribution in [0.15, 0.2) is 101 Å². The molecule has 0 saturated carbocycles. The zero-order valence-electron chi connectivity index (χ0n) is 36.2. The van der Waals surface area contributed by atoms with Gasteiger partial charge in [-0.3, -0.25) is 19.5 Å². The molecule has 0 radical (unpaired) electrons. The van der Waals surface area contributed by atoms with Crippen molar-refractivity contribution in [2.45, 2.75) is 56.5 Å². The summed E-state index contributed by atoms with van der Waals surface area (Å²) in [4.78, 5) is 41.7. The van der Waals surface area contributed by atoms with Gasteiger partial charge < -0.3 is 15.1 Å². The molecule has 1 amide bonds. The number of fused-ring (bicyclic) bond motifs is 2. The standard InChI is InChI=1S/C47H52ClFN10O4S/c1-46(2)14-12-33(38(27-46)31-4-6-34(48)7-5-31)29-57-20-22-58(23-21-57)35-8-10-37(42(25-35)59-43-24-32-13-17-50-44(32)53-41(43)28-52-59)45(60)55-64(62,63)36-9-11-39(40(26-36)54-61)51-30-47(49)15-18-56(3)19-16-47/h4-11,13,17,24-26,28,51-52H,12,14-16,18-23,27,29-30H2,1-3H3,(H,55,60). The van der Waals surface area contributed by atoms with E-state index >= 15 is 4.39 Å². The van der Waals surface area contributed by atoms with Crippen molar-refractivity contribution < 1.29 is 17.6 Å². The smallest absolute Gasteiger partial charge is 0.267 e. The van der Waals surface area contributed by atoms with Crippen LogP contribution in [-0.2, 0) is 10.0 Å². The van der Waals surface area contributed by atoms with Gasteiger partial charge in [-0.25, -0.2) is 27.5 Å². The quantitative estimate of drug-likeness (QED) is 0.101. The first-order valence-corrected chi connectivity index (χ1v) is 23.6. The highest BCUT2D eigenvalue weighted by Crippen LogP contribution is 2.43. The van der Waals surface area contributed by atoms with Crippen LogP contribution in [-0.4, -0.2) is 109 Å². The molecule has 0 bridgehead atoms. The summed E-state index contributed by atoms with van der Waals surface area (Å²) >= 11 is 6.26. The number of pyridine rings is 1.